The van der Waals surface area contributed by atoms with Crippen LogP contribution in [0.3, 0.4) is 0 Å². The molecule has 0 aromatic heterocycles. The monoisotopic (exact) mass is 297 g/mol. The van der Waals surface area contributed by atoms with Crippen molar-refractivity contribution in [3.8, 4) is 0 Å². The fourth-order valence-electron chi connectivity index (χ4n) is 2.42. The topological polar surface area (TPSA) is 41.8 Å². The molecule has 0 saturated heterocycles. The van der Waals surface area contributed by atoms with E-state index in [2.05, 4.69) is 4.99 Å². The number of rotatable bonds is 5. The summed E-state index contributed by atoms with van der Waals surface area (Å²) < 4.78 is 5.54. The Hall–Kier alpha value is -2.13. The molecular weight excluding hydrogens is 274 g/mol. The number of benzene rings is 2. The van der Waals surface area contributed by atoms with Crippen molar-refractivity contribution in [1.29, 1.82) is 0 Å². The van der Waals surface area contributed by atoms with E-state index in [0.717, 1.165) is 23.2 Å². The number of nitrogens with zero attached hydrogens (tertiary/aromatic N) is 1. The summed E-state index contributed by atoms with van der Waals surface area (Å²) >= 11 is 0. The Bertz CT molecular complexity index is 633. The van der Waals surface area contributed by atoms with Crippen molar-refractivity contribution < 1.29 is 9.84 Å². The SMILES string of the molecule is CCOC(CC)=Nc1ccccc1C(C)(O)c1ccccc1. The molecule has 0 radical (unpaired) electrons. The predicted octanol–water partition coefficient (Wildman–Crippen LogP) is 4.42. The molecule has 2 aromatic rings. The van der Waals surface area contributed by atoms with Crippen LogP contribution in [0.5, 0.6) is 0 Å². The molecule has 22 heavy (non-hydrogen) atoms. The molecule has 0 aliphatic heterocycles. The number of aliphatic imine (C=N–C) groups is 1. The van der Waals surface area contributed by atoms with Gasteiger partial charge in [-0.3, -0.25) is 0 Å². The first-order valence-electron chi connectivity index (χ1n) is 7.67. The van der Waals surface area contributed by atoms with Crippen molar-refractivity contribution in [3.63, 3.8) is 0 Å². The van der Waals surface area contributed by atoms with Crippen LogP contribution in [0, 0.1) is 0 Å². The largest absolute Gasteiger partial charge is 0.481 e. The lowest BCUT2D eigenvalue weighted by Gasteiger charge is -2.26. The second kappa shape index (κ2) is 7.23. The molecule has 1 unspecified atom stereocenters. The molecule has 0 amide bonds. The highest BCUT2D eigenvalue weighted by molar-refractivity contribution is 5.79. The average Bonchev–Trinajstić information content (AvgIpc) is 2.55. The predicted molar refractivity (Wildman–Crippen MR) is 90.6 cm³/mol. The number of hydrogen-bond acceptors (Lipinski definition) is 3. The Balaban J connectivity index is 2.48. The highest BCUT2D eigenvalue weighted by atomic mass is 16.5. The summed E-state index contributed by atoms with van der Waals surface area (Å²) in [5.41, 5.74) is 1.24. The Morgan fingerprint density at radius 3 is 2.32 bits per heavy atom. The minimum absolute atomic E-state index is 0.587. The van der Waals surface area contributed by atoms with Crippen LogP contribution in [-0.4, -0.2) is 17.6 Å². The molecule has 0 saturated carbocycles. The summed E-state index contributed by atoms with van der Waals surface area (Å²) in [6.45, 7) is 6.33. The third-order valence-electron chi connectivity index (χ3n) is 3.62. The Morgan fingerprint density at radius 2 is 1.68 bits per heavy atom. The van der Waals surface area contributed by atoms with Gasteiger partial charge in [-0.2, -0.15) is 0 Å². The molecule has 0 spiro atoms. The van der Waals surface area contributed by atoms with Gasteiger partial charge < -0.3 is 9.84 Å². The van der Waals surface area contributed by atoms with Gasteiger partial charge in [0.1, 0.15) is 5.60 Å². The van der Waals surface area contributed by atoms with E-state index in [4.69, 9.17) is 4.74 Å². The maximum absolute atomic E-state index is 11.0. The zero-order chi connectivity index (χ0) is 16.0. The van der Waals surface area contributed by atoms with Gasteiger partial charge in [-0.15, -0.1) is 0 Å². The van der Waals surface area contributed by atoms with Crippen molar-refractivity contribution in [2.75, 3.05) is 6.61 Å². The van der Waals surface area contributed by atoms with Gasteiger partial charge in [0.25, 0.3) is 0 Å². The Labute approximate surface area is 132 Å². The molecule has 3 nitrogen and oxygen atoms in total. The summed E-state index contributed by atoms with van der Waals surface area (Å²) in [5, 5.41) is 11.0. The van der Waals surface area contributed by atoms with Crippen molar-refractivity contribution in [2.45, 2.75) is 32.8 Å². The third kappa shape index (κ3) is 3.55. The molecule has 1 atom stereocenters. The first kappa shape index (κ1) is 16.2. The number of ether oxygens (including phenoxy) is 1. The first-order chi connectivity index (χ1) is 10.6. The Kier molecular flexibility index (Phi) is 5.34. The summed E-state index contributed by atoms with van der Waals surface area (Å²) in [7, 11) is 0. The van der Waals surface area contributed by atoms with Crippen molar-refractivity contribution in [2.24, 2.45) is 4.99 Å². The van der Waals surface area contributed by atoms with Gasteiger partial charge in [-0.05, 0) is 25.5 Å². The van der Waals surface area contributed by atoms with Crippen molar-refractivity contribution in [1.82, 2.24) is 0 Å². The van der Waals surface area contributed by atoms with Crippen LogP contribution in [0.15, 0.2) is 59.6 Å². The van der Waals surface area contributed by atoms with Crippen LogP contribution in [-0.2, 0) is 10.3 Å². The van der Waals surface area contributed by atoms with E-state index in [1.165, 1.54) is 0 Å². The third-order valence-corrected chi connectivity index (χ3v) is 3.62. The van der Waals surface area contributed by atoms with Gasteiger partial charge >= 0.3 is 0 Å². The Morgan fingerprint density at radius 1 is 1.05 bits per heavy atom. The smallest absolute Gasteiger partial charge is 0.188 e. The fraction of sp³-hybridized carbons (Fsp3) is 0.316. The van der Waals surface area contributed by atoms with E-state index in [1.54, 1.807) is 6.92 Å². The molecule has 2 rings (SSSR count). The molecular formula is C19H23NO2. The van der Waals surface area contributed by atoms with Gasteiger partial charge in [0.05, 0.1) is 12.3 Å². The summed E-state index contributed by atoms with van der Waals surface area (Å²) in [6.07, 6.45) is 0.718. The van der Waals surface area contributed by atoms with Crippen molar-refractivity contribution >= 4 is 11.6 Å². The normalized spacial score (nSPS) is 14.5. The molecule has 116 valence electrons. The zero-order valence-electron chi connectivity index (χ0n) is 13.4. The van der Waals surface area contributed by atoms with Crippen LogP contribution in [0.25, 0.3) is 0 Å². The molecule has 0 aliphatic rings. The van der Waals surface area contributed by atoms with Gasteiger partial charge in [0.2, 0.25) is 0 Å². The molecule has 1 N–H and O–H groups in total. The molecule has 0 heterocycles. The lowest BCUT2D eigenvalue weighted by Crippen LogP contribution is -2.23. The highest BCUT2D eigenvalue weighted by Crippen LogP contribution is 2.35. The zero-order valence-corrected chi connectivity index (χ0v) is 13.4. The van der Waals surface area contributed by atoms with E-state index >= 15 is 0 Å². The summed E-state index contributed by atoms with van der Waals surface area (Å²) in [6, 6.07) is 17.3. The standard InChI is InChI=1S/C19H23NO2/c1-4-18(22-5-2)20-17-14-10-9-13-16(17)19(3,21)15-11-7-6-8-12-15/h6-14,21H,4-5H2,1-3H3. The summed E-state index contributed by atoms with van der Waals surface area (Å²) in [4.78, 5) is 4.59. The van der Waals surface area contributed by atoms with E-state index in [9.17, 15) is 5.11 Å². The van der Waals surface area contributed by atoms with Crippen LogP contribution < -0.4 is 0 Å². The van der Waals surface area contributed by atoms with E-state index in [0.29, 0.717) is 12.5 Å². The number of aliphatic hydroxyl groups is 1. The lowest BCUT2D eigenvalue weighted by molar-refractivity contribution is 0.103. The van der Waals surface area contributed by atoms with Gasteiger partial charge in [0.15, 0.2) is 5.90 Å². The molecule has 0 aliphatic carbocycles. The quantitative estimate of drug-likeness (QED) is 0.655. The van der Waals surface area contributed by atoms with Gasteiger partial charge in [0, 0.05) is 12.0 Å². The highest BCUT2D eigenvalue weighted by Gasteiger charge is 2.28. The van der Waals surface area contributed by atoms with Gasteiger partial charge in [-0.25, -0.2) is 4.99 Å². The maximum Gasteiger partial charge on any atom is 0.188 e. The minimum atomic E-state index is -1.10. The molecule has 0 bridgehead atoms. The van der Waals surface area contributed by atoms with Gasteiger partial charge in [-0.1, -0.05) is 55.5 Å². The van der Waals surface area contributed by atoms with E-state index < -0.39 is 5.60 Å². The van der Waals surface area contributed by atoms with E-state index in [-0.39, 0.29) is 0 Å². The second-order valence-electron chi connectivity index (χ2n) is 5.25. The minimum Gasteiger partial charge on any atom is -0.481 e. The van der Waals surface area contributed by atoms with Crippen LogP contribution in [0.4, 0.5) is 5.69 Å². The fourth-order valence-corrected chi connectivity index (χ4v) is 2.42. The van der Waals surface area contributed by atoms with Crippen LogP contribution >= 0.6 is 0 Å². The van der Waals surface area contributed by atoms with Crippen LogP contribution in [0.2, 0.25) is 0 Å². The van der Waals surface area contributed by atoms with Crippen LogP contribution in [0.1, 0.15) is 38.3 Å². The average molecular weight is 297 g/mol. The maximum atomic E-state index is 11.0. The molecule has 3 heteroatoms. The van der Waals surface area contributed by atoms with Crippen molar-refractivity contribution in [3.05, 3.63) is 65.7 Å². The number of hydrogen-bond donors (Lipinski definition) is 1. The second-order valence-corrected chi connectivity index (χ2v) is 5.25. The lowest BCUT2D eigenvalue weighted by atomic mass is 9.87. The van der Waals surface area contributed by atoms with E-state index in [1.807, 2.05) is 68.4 Å². The molecule has 0 fully saturated rings. The molecule has 2 aromatic carbocycles. The number of para-hydroxylation sites is 1. The first-order valence-corrected chi connectivity index (χ1v) is 7.67. The summed E-state index contributed by atoms with van der Waals surface area (Å²) in [5.74, 6) is 0.679.